The SMILES string of the molecule is CCOc1ccc(N(CC(=O)N(Cc2ccccc2Cl)[C@H](CC)C(=O)NCC(C)C)S(=O)(=O)c2ccc(F)cc2)cc1. The molecule has 3 aromatic carbocycles. The number of nitrogens with one attached hydrogen (secondary N) is 1. The molecule has 1 N–H and O–H groups in total. The quantitative estimate of drug-likeness (QED) is 0.252. The highest BCUT2D eigenvalue weighted by Gasteiger charge is 2.34. The van der Waals surface area contributed by atoms with E-state index in [1.54, 1.807) is 43.3 Å². The average Bonchev–Trinajstić information content (AvgIpc) is 2.96. The number of nitrogens with zero attached hydrogens (tertiary/aromatic N) is 2. The van der Waals surface area contributed by atoms with Gasteiger partial charge in [-0.05, 0) is 79.4 Å². The molecule has 3 aromatic rings. The van der Waals surface area contributed by atoms with Crippen molar-refractivity contribution in [2.24, 2.45) is 5.92 Å². The fourth-order valence-corrected chi connectivity index (χ4v) is 5.90. The molecule has 0 aliphatic heterocycles. The van der Waals surface area contributed by atoms with E-state index in [1.165, 1.54) is 17.0 Å². The van der Waals surface area contributed by atoms with Crippen LogP contribution in [0.25, 0.3) is 0 Å². The van der Waals surface area contributed by atoms with Gasteiger partial charge >= 0.3 is 0 Å². The predicted molar refractivity (Wildman–Crippen MR) is 162 cm³/mol. The average molecular weight is 618 g/mol. The fraction of sp³-hybridized carbons (Fsp3) is 0.355. The molecule has 42 heavy (non-hydrogen) atoms. The van der Waals surface area contributed by atoms with Crippen LogP contribution in [0.2, 0.25) is 5.02 Å². The molecule has 0 aliphatic carbocycles. The Bertz CT molecular complexity index is 1450. The first-order chi connectivity index (χ1) is 20.0. The number of amides is 2. The van der Waals surface area contributed by atoms with E-state index in [9.17, 15) is 22.4 Å². The van der Waals surface area contributed by atoms with Gasteiger partial charge in [0.1, 0.15) is 24.2 Å². The highest BCUT2D eigenvalue weighted by molar-refractivity contribution is 7.92. The molecule has 0 radical (unpaired) electrons. The van der Waals surface area contributed by atoms with E-state index in [4.69, 9.17) is 16.3 Å². The number of carbonyl (C=O) groups excluding carboxylic acids is 2. The van der Waals surface area contributed by atoms with Crippen molar-refractivity contribution < 1.29 is 27.1 Å². The van der Waals surface area contributed by atoms with Crippen LogP contribution in [-0.2, 0) is 26.2 Å². The Labute approximate surface area is 252 Å². The second-order valence-corrected chi connectivity index (χ2v) is 12.3. The number of rotatable bonds is 14. The Hall–Kier alpha value is -3.63. The first kappa shape index (κ1) is 32.9. The van der Waals surface area contributed by atoms with Gasteiger partial charge in [-0.15, -0.1) is 0 Å². The molecule has 0 spiro atoms. The molecule has 0 aliphatic rings. The van der Waals surface area contributed by atoms with E-state index in [1.807, 2.05) is 20.8 Å². The first-order valence-electron chi connectivity index (χ1n) is 13.8. The van der Waals surface area contributed by atoms with Crippen LogP contribution < -0.4 is 14.4 Å². The fourth-order valence-electron chi connectivity index (χ4n) is 4.29. The molecule has 2 amide bonds. The lowest BCUT2D eigenvalue weighted by atomic mass is 10.1. The zero-order valence-electron chi connectivity index (χ0n) is 24.2. The summed E-state index contributed by atoms with van der Waals surface area (Å²) in [7, 11) is -4.33. The van der Waals surface area contributed by atoms with Gasteiger partial charge in [-0.2, -0.15) is 0 Å². The molecule has 0 saturated carbocycles. The Kier molecular flexibility index (Phi) is 11.8. The van der Waals surface area contributed by atoms with E-state index in [-0.39, 0.29) is 35.4 Å². The zero-order valence-corrected chi connectivity index (χ0v) is 25.8. The molecule has 1 atom stereocenters. The predicted octanol–water partition coefficient (Wildman–Crippen LogP) is 5.65. The van der Waals surface area contributed by atoms with Gasteiger partial charge in [0.25, 0.3) is 10.0 Å². The monoisotopic (exact) mass is 617 g/mol. The number of carbonyl (C=O) groups is 2. The largest absolute Gasteiger partial charge is 0.494 e. The van der Waals surface area contributed by atoms with Crippen LogP contribution in [0.15, 0.2) is 77.7 Å². The van der Waals surface area contributed by atoms with Gasteiger partial charge in [0.15, 0.2) is 0 Å². The van der Waals surface area contributed by atoms with Crippen molar-refractivity contribution >= 4 is 39.1 Å². The molecule has 3 rings (SSSR count). The van der Waals surface area contributed by atoms with Crippen LogP contribution in [0.1, 0.15) is 39.7 Å². The molecule has 0 aromatic heterocycles. The first-order valence-corrected chi connectivity index (χ1v) is 15.6. The maximum atomic E-state index is 14.1. The van der Waals surface area contributed by atoms with Crippen molar-refractivity contribution in [2.45, 2.75) is 51.6 Å². The zero-order chi connectivity index (χ0) is 30.9. The number of hydrogen-bond acceptors (Lipinski definition) is 5. The molecule has 0 saturated heterocycles. The molecule has 0 fully saturated rings. The van der Waals surface area contributed by atoms with Gasteiger partial charge in [-0.25, -0.2) is 12.8 Å². The van der Waals surface area contributed by atoms with Crippen molar-refractivity contribution in [3.8, 4) is 5.75 Å². The van der Waals surface area contributed by atoms with Crippen LogP contribution in [-0.4, -0.2) is 50.9 Å². The third kappa shape index (κ3) is 8.45. The summed E-state index contributed by atoms with van der Waals surface area (Å²) >= 11 is 6.42. The Morgan fingerprint density at radius 3 is 2.19 bits per heavy atom. The van der Waals surface area contributed by atoms with E-state index in [0.717, 1.165) is 28.6 Å². The van der Waals surface area contributed by atoms with Gasteiger partial charge in [0, 0.05) is 18.1 Å². The summed E-state index contributed by atoms with van der Waals surface area (Å²) in [5, 5.41) is 3.30. The molecule has 226 valence electrons. The number of anilines is 1. The number of halogens is 2. The molecule has 8 nitrogen and oxygen atoms in total. The van der Waals surface area contributed by atoms with Gasteiger partial charge < -0.3 is 15.0 Å². The summed E-state index contributed by atoms with van der Waals surface area (Å²) < 4.78 is 47.9. The Morgan fingerprint density at radius 1 is 0.976 bits per heavy atom. The van der Waals surface area contributed by atoms with Crippen molar-refractivity contribution in [1.82, 2.24) is 10.2 Å². The molecule has 0 unspecified atom stereocenters. The molecule has 0 heterocycles. The maximum absolute atomic E-state index is 14.1. The van der Waals surface area contributed by atoms with E-state index >= 15 is 0 Å². The van der Waals surface area contributed by atoms with Crippen LogP contribution in [0.5, 0.6) is 5.75 Å². The normalized spacial score (nSPS) is 12.1. The highest BCUT2D eigenvalue weighted by atomic mass is 35.5. The lowest BCUT2D eigenvalue weighted by Gasteiger charge is -2.33. The third-order valence-corrected chi connectivity index (χ3v) is 8.64. The van der Waals surface area contributed by atoms with E-state index < -0.39 is 34.3 Å². The van der Waals surface area contributed by atoms with Crippen LogP contribution in [0.3, 0.4) is 0 Å². The number of benzene rings is 3. The minimum Gasteiger partial charge on any atom is -0.494 e. The van der Waals surface area contributed by atoms with Gasteiger partial charge in [-0.3, -0.25) is 13.9 Å². The van der Waals surface area contributed by atoms with Crippen molar-refractivity contribution in [3.63, 3.8) is 0 Å². The second-order valence-electron chi connectivity index (χ2n) is 10.1. The molecular formula is C31H37ClFN3O5S. The van der Waals surface area contributed by atoms with Gasteiger partial charge in [0.2, 0.25) is 11.8 Å². The van der Waals surface area contributed by atoms with Crippen LogP contribution in [0.4, 0.5) is 10.1 Å². The Balaban J connectivity index is 2.06. The lowest BCUT2D eigenvalue weighted by Crippen LogP contribution is -2.52. The lowest BCUT2D eigenvalue weighted by molar-refractivity contribution is -0.140. The minimum absolute atomic E-state index is 0.0141. The molecule has 0 bridgehead atoms. The van der Waals surface area contributed by atoms with Crippen LogP contribution >= 0.6 is 11.6 Å². The van der Waals surface area contributed by atoms with E-state index in [0.29, 0.717) is 29.5 Å². The maximum Gasteiger partial charge on any atom is 0.264 e. The van der Waals surface area contributed by atoms with Gasteiger partial charge in [0.05, 0.1) is 17.2 Å². The summed E-state index contributed by atoms with van der Waals surface area (Å²) in [6, 6.07) is 16.7. The summed E-state index contributed by atoms with van der Waals surface area (Å²) in [4.78, 5) is 28.6. The second kappa shape index (κ2) is 15.0. The summed E-state index contributed by atoms with van der Waals surface area (Å²) in [6.07, 6.45) is 0.286. The van der Waals surface area contributed by atoms with Crippen molar-refractivity contribution in [1.29, 1.82) is 0 Å². The minimum atomic E-state index is -4.33. The molecule has 11 heteroatoms. The number of sulfonamides is 1. The summed E-state index contributed by atoms with van der Waals surface area (Å²) in [6.45, 7) is 7.74. The van der Waals surface area contributed by atoms with E-state index in [2.05, 4.69) is 5.32 Å². The summed E-state index contributed by atoms with van der Waals surface area (Å²) in [5.74, 6) is -0.835. The topological polar surface area (TPSA) is 96.0 Å². The Morgan fingerprint density at radius 2 is 1.62 bits per heavy atom. The smallest absolute Gasteiger partial charge is 0.264 e. The highest BCUT2D eigenvalue weighted by Crippen LogP contribution is 2.27. The summed E-state index contributed by atoms with van der Waals surface area (Å²) in [5.41, 5.74) is 0.808. The standard InChI is InChI=1S/C31H37ClFN3O5S/c1-5-29(31(38)34-19-22(3)4)35(20-23-9-7-8-10-28(23)32)30(37)21-36(25-13-15-26(16-14-25)41-6-2)42(39,40)27-17-11-24(33)12-18-27/h7-18,22,29H,5-6,19-21H2,1-4H3,(H,34,38)/t29-/m1/s1. The van der Waals surface area contributed by atoms with Crippen molar-refractivity contribution in [3.05, 3.63) is 89.2 Å². The molecular weight excluding hydrogens is 581 g/mol. The third-order valence-electron chi connectivity index (χ3n) is 6.49. The number of hydrogen-bond donors (Lipinski definition) is 1. The van der Waals surface area contributed by atoms with Crippen LogP contribution in [0, 0.1) is 11.7 Å². The van der Waals surface area contributed by atoms with Gasteiger partial charge in [-0.1, -0.05) is 50.6 Å². The van der Waals surface area contributed by atoms with Crippen molar-refractivity contribution in [2.75, 3.05) is 24.0 Å². The number of ether oxygens (including phenoxy) is 1.